The van der Waals surface area contributed by atoms with E-state index in [4.69, 9.17) is 0 Å². The minimum atomic E-state index is -3.18. The summed E-state index contributed by atoms with van der Waals surface area (Å²) in [6.45, 7) is 2.22. The molecule has 1 N–H and O–H groups in total. The molecule has 0 saturated carbocycles. The summed E-state index contributed by atoms with van der Waals surface area (Å²) in [5, 5.41) is 2.85. The van der Waals surface area contributed by atoms with Crippen molar-refractivity contribution in [3.05, 3.63) is 0 Å². The molecule has 1 unspecified atom stereocenters. The van der Waals surface area contributed by atoms with E-state index in [2.05, 4.69) is 5.32 Å². The lowest BCUT2D eigenvalue weighted by atomic mass is 9.99. The Morgan fingerprint density at radius 3 is 2.67 bits per heavy atom. The third kappa shape index (κ3) is 4.91. The standard InChI is InChI=1S/C11H23N3O3S/c1-13(2)8-6-12-11(15)10-5-4-7-14(9-10)18(3,16)17/h10H,4-9H2,1-3H3,(H,12,15). The van der Waals surface area contributed by atoms with Crippen molar-refractivity contribution in [3.63, 3.8) is 0 Å². The first-order chi connectivity index (χ1) is 8.30. The monoisotopic (exact) mass is 277 g/mol. The van der Waals surface area contributed by atoms with Gasteiger partial charge in [-0.15, -0.1) is 0 Å². The van der Waals surface area contributed by atoms with Crippen LogP contribution in [0.25, 0.3) is 0 Å². The molecular weight excluding hydrogens is 254 g/mol. The Morgan fingerprint density at radius 2 is 2.11 bits per heavy atom. The molecule has 0 aromatic rings. The van der Waals surface area contributed by atoms with Crippen molar-refractivity contribution < 1.29 is 13.2 Å². The second-order valence-electron chi connectivity index (χ2n) is 5.05. The maximum absolute atomic E-state index is 11.9. The Kier molecular flexibility index (Phi) is 5.55. The van der Waals surface area contributed by atoms with E-state index in [1.165, 1.54) is 10.6 Å². The van der Waals surface area contributed by atoms with Gasteiger partial charge in [-0.3, -0.25) is 4.79 Å². The van der Waals surface area contributed by atoms with Crippen LogP contribution in [0.1, 0.15) is 12.8 Å². The fraction of sp³-hybridized carbons (Fsp3) is 0.909. The lowest BCUT2D eigenvalue weighted by molar-refractivity contribution is -0.126. The summed E-state index contributed by atoms with van der Waals surface area (Å²) in [7, 11) is 0.704. The van der Waals surface area contributed by atoms with Crippen molar-refractivity contribution in [2.24, 2.45) is 5.92 Å². The number of likely N-dealkylation sites (N-methyl/N-ethyl adjacent to an activating group) is 1. The van der Waals surface area contributed by atoms with Crippen LogP contribution in [0.15, 0.2) is 0 Å². The van der Waals surface area contributed by atoms with Crippen LogP contribution >= 0.6 is 0 Å². The van der Waals surface area contributed by atoms with Gasteiger partial charge in [0, 0.05) is 26.2 Å². The summed E-state index contributed by atoms with van der Waals surface area (Å²) >= 11 is 0. The van der Waals surface area contributed by atoms with Gasteiger partial charge in [0.2, 0.25) is 15.9 Å². The summed E-state index contributed by atoms with van der Waals surface area (Å²) in [6.07, 6.45) is 2.71. The maximum Gasteiger partial charge on any atom is 0.224 e. The van der Waals surface area contributed by atoms with Crippen LogP contribution in [-0.2, 0) is 14.8 Å². The van der Waals surface area contributed by atoms with E-state index in [9.17, 15) is 13.2 Å². The number of piperidine rings is 1. The number of hydrogen-bond acceptors (Lipinski definition) is 4. The van der Waals surface area contributed by atoms with E-state index in [1.54, 1.807) is 0 Å². The molecule has 106 valence electrons. The van der Waals surface area contributed by atoms with Crippen LogP contribution in [0, 0.1) is 5.92 Å². The van der Waals surface area contributed by atoms with Crippen LogP contribution in [0.5, 0.6) is 0 Å². The molecule has 1 aliphatic heterocycles. The molecule has 18 heavy (non-hydrogen) atoms. The molecule has 6 nitrogen and oxygen atoms in total. The Hall–Kier alpha value is -0.660. The predicted octanol–water partition coefficient (Wildman–Crippen LogP) is -0.664. The summed E-state index contributed by atoms with van der Waals surface area (Å²) < 4.78 is 24.3. The smallest absolute Gasteiger partial charge is 0.224 e. The summed E-state index contributed by atoms with van der Waals surface area (Å²) in [5.41, 5.74) is 0. The highest BCUT2D eigenvalue weighted by atomic mass is 32.2. The van der Waals surface area contributed by atoms with Gasteiger partial charge in [-0.1, -0.05) is 0 Å². The van der Waals surface area contributed by atoms with E-state index in [1.807, 2.05) is 19.0 Å². The molecule has 0 aromatic carbocycles. The van der Waals surface area contributed by atoms with E-state index in [0.29, 0.717) is 19.6 Å². The van der Waals surface area contributed by atoms with Crippen molar-refractivity contribution in [3.8, 4) is 0 Å². The number of nitrogens with zero attached hydrogens (tertiary/aromatic N) is 2. The van der Waals surface area contributed by atoms with Crippen molar-refractivity contribution in [1.29, 1.82) is 0 Å². The van der Waals surface area contributed by atoms with E-state index < -0.39 is 10.0 Å². The van der Waals surface area contributed by atoms with Crippen LogP contribution in [-0.4, -0.2) is 70.1 Å². The number of sulfonamides is 1. The van der Waals surface area contributed by atoms with Gasteiger partial charge in [0.25, 0.3) is 0 Å². The minimum Gasteiger partial charge on any atom is -0.355 e. The molecule has 0 radical (unpaired) electrons. The maximum atomic E-state index is 11.9. The van der Waals surface area contributed by atoms with Crippen molar-refractivity contribution in [2.75, 3.05) is 46.5 Å². The highest BCUT2D eigenvalue weighted by molar-refractivity contribution is 7.88. The molecule has 1 fully saturated rings. The highest BCUT2D eigenvalue weighted by Crippen LogP contribution is 2.18. The Labute approximate surface area is 109 Å². The Balaban J connectivity index is 2.44. The third-order valence-electron chi connectivity index (χ3n) is 3.08. The SMILES string of the molecule is CN(C)CCNC(=O)C1CCCN(S(C)(=O)=O)C1. The topological polar surface area (TPSA) is 69.7 Å². The van der Waals surface area contributed by atoms with Gasteiger partial charge in [-0.2, -0.15) is 0 Å². The van der Waals surface area contributed by atoms with Crippen LogP contribution in [0.4, 0.5) is 0 Å². The van der Waals surface area contributed by atoms with Gasteiger partial charge in [0.05, 0.1) is 12.2 Å². The quantitative estimate of drug-likeness (QED) is 0.724. The van der Waals surface area contributed by atoms with Crippen LogP contribution in [0.3, 0.4) is 0 Å². The fourth-order valence-corrected chi connectivity index (χ4v) is 2.92. The number of carbonyl (C=O) groups is 1. The number of carbonyl (C=O) groups excluding carboxylic acids is 1. The van der Waals surface area contributed by atoms with Gasteiger partial charge >= 0.3 is 0 Å². The van der Waals surface area contributed by atoms with Crippen molar-refractivity contribution in [1.82, 2.24) is 14.5 Å². The molecule has 7 heteroatoms. The average Bonchev–Trinajstić information content (AvgIpc) is 2.27. The van der Waals surface area contributed by atoms with E-state index >= 15 is 0 Å². The molecule has 0 bridgehead atoms. The Bertz CT molecular complexity index is 381. The average molecular weight is 277 g/mol. The zero-order valence-corrected chi connectivity index (χ0v) is 12.2. The second-order valence-corrected chi connectivity index (χ2v) is 7.04. The van der Waals surface area contributed by atoms with E-state index in [0.717, 1.165) is 19.4 Å². The van der Waals surface area contributed by atoms with Crippen LogP contribution in [0.2, 0.25) is 0 Å². The molecule has 0 spiro atoms. The molecule has 1 heterocycles. The van der Waals surface area contributed by atoms with Gasteiger partial charge in [-0.05, 0) is 26.9 Å². The molecular formula is C11H23N3O3S. The summed E-state index contributed by atoms with van der Waals surface area (Å²) in [5.74, 6) is -0.249. The van der Waals surface area contributed by atoms with Crippen molar-refractivity contribution >= 4 is 15.9 Å². The second kappa shape index (κ2) is 6.49. The molecule has 1 saturated heterocycles. The third-order valence-corrected chi connectivity index (χ3v) is 4.35. The number of amides is 1. The van der Waals surface area contributed by atoms with Crippen LogP contribution < -0.4 is 5.32 Å². The minimum absolute atomic E-state index is 0.0369. The lowest BCUT2D eigenvalue weighted by Gasteiger charge is -2.30. The molecule has 1 aliphatic rings. The van der Waals surface area contributed by atoms with Crippen molar-refractivity contribution in [2.45, 2.75) is 12.8 Å². The molecule has 1 amide bonds. The van der Waals surface area contributed by atoms with Gasteiger partial charge < -0.3 is 10.2 Å². The molecule has 1 atom stereocenters. The fourth-order valence-electron chi connectivity index (χ4n) is 2.00. The predicted molar refractivity (Wildman–Crippen MR) is 70.7 cm³/mol. The largest absolute Gasteiger partial charge is 0.355 e. The highest BCUT2D eigenvalue weighted by Gasteiger charge is 2.29. The first-order valence-corrected chi connectivity index (χ1v) is 8.03. The number of hydrogen-bond donors (Lipinski definition) is 1. The van der Waals surface area contributed by atoms with Gasteiger partial charge in [-0.25, -0.2) is 12.7 Å². The summed E-state index contributed by atoms with van der Waals surface area (Å²) in [6, 6.07) is 0. The Morgan fingerprint density at radius 1 is 1.44 bits per heavy atom. The zero-order chi connectivity index (χ0) is 13.8. The van der Waals surface area contributed by atoms with Gasteiger partial charge in [0.1, 0.15) is 0 Å². The van der Waals surface area contributed by atoms with E-state index in [-0.39, 0.29) is 11.8 Å². The number of nitrogens with one attached hydrogen (secondary N) is 1. The summed E-state index contributed by atoms with van der Waals surface area (Å²) in [4.78, 5) is 13.9. The molecule has 0 aromatic heterocycles. The zero-order valence-electron chi connectivity index (χ0n) is 11.3. The molecule has 0 aliphatic carbocycles. The number of rotatable bonds is 5. The first-order valence-electron chi connectivity index (χ1n) is 6.18. The lowest BCUT2D eigenvalue weighted by Crippen LogP contribution is -2.45. The normalized spacial score (nSPS) is 22.1. The first kappa shape index (κ1) is 15.4. The molecule has 1 rings (SSSR count). The van der Waals surface area contributed by atoms with Gasteiger partial charge in [0.15, 0.2) is 0 Å².